The number of hydrogen-bond donors (Lipinski definition) is 1. The van der Waals surface area contributed by atoms with Crippen LogP contribution in [0.25, 0.3) is 0 Å². The highest BCUT2D eigenvalue weighted by Gasteiger charge is 2.34. The van der Waals surface area contributed by atoms with E-state index in [1.165, 1.54) is 12.8 Å². The summed E-state index contributed by atoms with van der Waals surface area (Å²) in [4.78, 5) is 2.47. The second-order valence-electron chi connectivity index (χ2n) is 5.88. The molecule has 0 bridgehead atoms. The number of nitrogens with one attached hydrogen (secondary N) is 1. The molecule has 108 valence electrons. The van der Waals surface area contributed by atoms with Crippen molar-refractivity contribution in [3.05, 3.63) is 0 Å². The van der Waals surface area contributed by atoms with Crippen LogP contribution in [-0.2, 0) is 4.74 Å². The standard InChI is InChI=1S/C15H27N3O/c1-2-15(13-16,17-14-5-6-14)7-3-8-18-9-4-11-19-12-10-18/h14,17H,2-12H2,1H3. The van der Waals surface area contributed by atoms with Gasteiger partial charge in [0, 0.05) is 25.7 Å². The molecule has 0 radical (unpaired) electrons. The lowest BCUT2D eigenvalue weighted by Crippen LogP contribution is -2.45. The van der Waals surface area contributed by atoms with Crippen molar-refractivity contribution in [2.45, 2.75) is 57.0 Å². The van der Waals surface area contributed by atoms with Crippen LogP contribution in [0.3, 0.4) is 0 Å². The van der Waals surface area contributed by atoms with Crippen LogP contribution in [0.2, 0.25) is 0 Å². The maximum absolute atomic E-state index is 9.49. The van der Waals surface area contributed by atoms with Gasteiger partial charge in [-0.2, -0.15) is 5.26 Å². The monoisotopic (exact) mass is 265 g/mol. The van der Waals surface area contributed by atoms with Crippen molar-refractivity contribution in [1.29, 1.82) is 5.26 Å². The molecule has 1 aliphatic heterocycles. The summed E-state index contributed by atoms with van der Waals surface area (Å²) >= 11 is 0. The van der Waals surface area contributed by atoms with Gasteiger partial charge < -0.3 is 9.64 Å². The average molecular weight is 265 g/mol. The van der Waals surface area contributed by atoms with E-state index >= 15 is 0 Å². The zero-order valence-electron chi connectivity index (χ0n) is 12.2. The van der Waals surface area contributed by atoms with Crippen LogP contribution in [0.15, 0.2) is 0 Å². The van der Waals surface area contributed by atoms with Crippen molar-refractivity contribution < 1.29 is 4.74 Å². The van der Waals surface area contributed by atoms with Crippen LogP contribution in [-0.4, -0.2) is 49.3 Å². The van der Waals surface area contributed by atoms with Gasteiger partial charge in [-0.25, -0.2) is 0 Å². The minimum absolute atomic E-state index is 0.288. The molecule has 2 aliphatic rings. The van der Waals surface area contributed by atoms with E-state index in [2.05, 4.69) is 23.2 Å². The van der Waals surface area contributed by atoms with Gasteiger partial charge >= 0.3 is 0 Å². The molecule has 1 saturated heterocycles. The Labute approximate surface area is 117 Å². The largest absolute Gasteiger partial charge is 0.380 e. The molecule has 4 nitrogen and oxygen atoms in total. The molecule has 1 unspecified atom stereocenters. The molecule has 2 fully saturated rings. The Morgan fingerprint density at radius 3 is 2.89 bits per heavy atom. The quantitative estimate of drug-likeness (QED) is 0.764. The Bertz CT molecular complexity index is 303. The second-order valence-corrected chi connectivity index (χ2v) is 5.88. The smallest absolute Gasteiger partial charge is 0.106 e. The molecule has 0 aromatic rings. The van der Waals surface area contributed by atoms with E-state index in [0.717, 1.165) is 58.5 Å². The predicted molar refractivity (Wildman–Crippen MR) is 75.9 cm³/mol. The number of rotatable bonds is 7. The number of nitriles is 1. The minimum Gasteiger partial charge on any atom is -0.380 e. The lowest BCUT2D eigenvalue weighted by atomic mass is 9.91. The summed E-state index contributed by atoms with van der Waals surface area (Å²) in [6, 6.07) is 3.14. The van der Waals surface area contributed by atoms with Gasteiger partial charge in [-0.1, -0.05) is 6.92 Å². The summed E-state index contributed by atoms with van der Waals surface area (Å²) in [5, 5.41) is 13.0. The van der Waals surface area contributed by atoms with Crippen LogP contribution in [0.4, 0.5) is 0 Å². The Hall–Kier alpha value is -0.630. The maximum atomic E-state index is 9.49. The Morgan fingerprint density at radius 2 is 2.21 bits per heavy atom. The van der Waals surface area contributed by atoms with Crippen LogP contribution >= 0.6 is 0 Å². The van der Waals surface area contributed by atoms with Crippen molar-refractivity contribution in [3.63, 3.8) is 0 Å². The Morgan fingerprint density at radius 1 is 1.37 bits per heavy atom. The summed E-state index contributed by atoms with van der Waals surface area (Å²) in [6.07, 6.45) is 6.59. The average Bonchev–Trinajstić information content (AvgIpc) is 3.25. The van der Waals surface area contributed by atoms with E-state index in [1.807, 2.05) is 0 Å². The lowest BCUT2D eigenvalue weighted by Gasteiger charge is -2.28. The highest BCUT2D eigenvalue weighted by Crippen LogP contribution is 2.26. The summed E-state index contributed by atoms with van der Waals surface area (Å²) in [5.41, 5.74) is -0.288. The van der Waals surface area contributed by atoms with E-state index in [9.17, 15) is 5.26 Å². The van der Waals surface area contributed by atoms with Gasteiger partial charge in [-0.3, -0.25) is 5.32 Å². The molecule has 0 aromatic heterocycles. The van der Waals surface area contributed by atoms with Crippen molar-refractivity contribution in [2.24, 2.45) is 0 Å². The zero-order valence-corrected chi connectivity index (χ0v) is 12.2. The van der Waals surface area contributed by atoms with Crippen LogP contribution in [0.5, 0.6) is 0 Å². The van der Waals surface area contributed by atoms with Crippen molar-refractivity contribution >= 4 is 0 Å². The van der Waals surface area contributed by atoms with E-state index in [0.29, 0.717) is 6.04 Å². The summed E-state index contributed by atoms with van der Waals surface area (Å²) in [5.74, 6) is 0. The second kappa shape index (κ2) is 7.23. The molecule has 0 amide bonds. The van der Waals surface area contributed by atoms with Crippen LogP contribution in [0, 0.1) is 11.3 Å². The summed E-state index contributed by atoms with van der Waals surface area (Å²) in [6.45, 7) is 7.16. The third-order valence-electron chi connectivity index (χ3n) is 4.27. The zero-order chi connectivity index (χ0) is 13.6. The predicted octanol–water partition coefficient (Wildman–Crippen LogP) is 1.91. The molecule has 2 rings (SSSR count). The van der Waals surface area contributed by atoms with E-state index in [-0.39, 0.29) is 5.54 Å². The van der Waals surface area contributed by atoms with Crippen LogP contribution < -0.4 is 5.32 Å². The first kappa shape index (κ1) is 14.8. The van der Waals surface area contributed by atoms with Crippen LogP contribution in [0.1, 0.15) is 45.4 Å². The van der Waals surface area contributed by atoms with Gasteiger partial charge in [0.15, 0.2) is 0 Å². The SMILES string of the molecule is CCC(C#N)(CCCN1CCCOCC1)NC1CC1. The molecule has 0 aromatic carbocycles. The molecule has 1 atom stereocenters. The molecule has 1 heterocycles. The highest BCUT2D eigenvalue weighted by molar-refractivity contribution is 5.09. The summed E-state index contributed by atoms with van der Waals surface area (Å²) in [7, 11) is 0. The molecule has 19 heavy (non-hydrogen) atoms. The van der Waals surface area contributed by atoms with Crippen molar-refractivity contribution in [2.75, 3.05) is 32.8 Å². The Balaban J connectivity index is 1.73. The van der Waals surface area contributed by atoms with Gasteiger partial charge in [0.05, 0.1) is 12.7 Å². The topological polar surface area (TPSA) is 48.3 Å². The number of ether oxygens (including phenoxy) is 1. The van der Waals surface area contributed by atoms with Crippen molar-refractivity contribution in [3.8, 4) is 6.07 Å². The fraction of sp³-hybridized carbons (Fsp3) is 0.933. The fourth-order valence-electron chi connectivity index (χ4n) is 2.76. The first-order chi connectivity index (χ1) is 9.28. The fourth-order valence-corrected chi connectivity index (χ4v) is 2.76. The maximum Gasteiger partial charge on any atom is 0.106 e. The first-order valence-corrected chi connectivity index (χ1v) is 7.77. The number of hydrogen-bond acceptors (Lipinski definition) is 4. The van der Waals surface area contributed by atoms with Gasteiger partial charge in [0.2, 0.25) is 0 Å². The first-order valence-electron chi connectivity index (χ1n) is 7.77. The van der Waals surface area contributed by atoms with E-state index in [1.54, 1.807) is 0 Å². The lowest BCUT2D eigenvalue weighted by molar-refractivity contribution is 0.140. The number of nitrogens with zero attached hydrogens (tertiary/aromatic N) is 2. The normalized spacial score (nSPS) is 24.4. The molecule has 1 N–H and O–H groups in total. The molecule has 1 saturated carbocycles. The molecular formula is C15H27N3O. The third-order valence-corrected chi connectivity index (χ3v) is 4.27. The summed E-state index contributed by atoms with van der Waals surface area (Å²) < 4.78 is 5.47. The van der Waals surface area contributed by atoms with E-state index in [4.69, 9.17) is 4.74 Å². The molecule has 1 aliphatic carbocycles. The van der Waals surface area contributed by atoms with Gasteiger partial charge in [-0.15, -0.1) is 0 Å². The highest BCUT2D eigenvalue weighted by atomic mass is 16.5. The van der Waals surface area contributed by atoms with E-state index < -0.39 is 0 Å². The third kappa shape index (κ3) is 4.76. The van der Waals surface area contributed by atoms with Gasteiger partial charge in [0.1, 0.15) is 5.54 Å². The van der Waals surface area contributed by atoms with Gasteiger partial charge in [0.25, 0.3) is 0 Å². The molecule has 0 spiro atoms. The van der Waals surface area contributed by atoms with Gasteiger partial charge in [-0.05, 0) is 45.1 Å². The molecule has 4 heteroatoms. The Kier molecular flexibility index (Phi) is 5.62. The molecular weight excluding hydrogens is 238 g/mol. The van der Waals surface area contributed by atoms with Crippen molar-refractivity contribution in [1.82, 2.24) is 10.2 Å². The minimum atomic E-state index is -0.288.